The van der Waals surface area contributed by atoms with Crippen LogP contribution in [-0.4, -0.2) is 5.11 Å². The Kier molecular flexibility index (Phi) is 4.29. The molecule has 0 aliphatic carbocycles. The Morgan fingerprint density at radius 3 is 2.47 bits per heavy atom. The third-order valence-corrected chi connectivity index (χ3v) is 3.75. The van der Waals surface area contributed by atoms with Crippen LogP contribution in [-0.2, 0) is 12.0 Å². The second kappa shape index (κ2) is 5.61. The molecule has 0 bridgehead atoms. The number of aliphatic hydroxyl groups is 1. The molecule has 1 atom stereocenters. The average molecular weight is 344 g/mol. The molecular formula is C15H13BrClFO. The molecule has 100 valence electrons. The van der Waals surface area contributed by atoms with Crippen molar-refractivity contribution in [2.45, 2.75) is 18.9 Å². The van der Waals surface area contributed by atoms with Crippen LogP contribution in [0.2, 0.25) is 5.02 Å². The van der Waals surface area contributed by atoms with Gasteiger partial charge >= 0.3 is 0 Å². The van der Waals surface area contributed by atoms with Crippen LogP contribution in [0.15, 0.2) is 46.9 Å². The number of benzene rings is 2. The summed E-state index contributed by atoms with van der Waals surface area (Å²) in [6, 6.07) is 11.6. The molecule has 1 unspecified atom stereocenters. The van der Waals surface area contributed by atoms with Gasteiger partial charge in [-0.15, -0.1) is 0 Å². The molecule has 19 heavy (non-hydrogen) atoms. The summed E-state index contributed by atoms with van der Waals surface area (Å²) in [5, 5.41) is 11.1. The van der Waals surface area contributed by atoms with Crippen LogP contribution in [0.1, 0.15) is 18.1 Å². The summed E-state index contributed by atoms with van der Waals surface area (Å²) < 4.78 is 14.5. The van der Waals surface area contributed by atoms with Crippen molar-refractivity contribution in [3.05, 3.63) is 68.9 Å². The van der Waals surface area contributed by atoms with Crippen LogP contribution in [0.25, 0.3) is 0 Å². The summed E-state index contributed by atoms with van der Waals surface area (Å²) in [6.07, 6.45) is 0.194. The Morgan fingerprint density at radius 2 is 1.84 bits per heavy atom. The average Bonchev–Trinajstić information content (AvgIpc) is 2.34. The number of hydrogen-bond acceptors (Lipinski definition) is 1. The standard InChI is InChI=1S/C15H13BrClFO/c1-15(19,11-2-5-13(17)6-3-11)9-10-8-12(16)4-7-14(10)18/h2-8,19H,9H2,1H3. The van der Waals surface area contributed by atoms with Crippen LogP contribution < -0.4 is 0 Å². The molecule has 2 rings (SSSR count). The zero-order chi connectivity index (χ0) is 14.0. The highest BCUT2D eigenvalue weighted by atomic mass is 79.9. The van der Waals surface area contributed by atoms with Gasteiger partial charge in [0.2, 0.25) is 0 Å². The maximum Gasteiger partial charge on any atom is 0.126 e. The molecule has 0 fully saturated rings. The summed E-state index contributed by atoms with van der Waals surface area (Å²) >= 11 is 9.12. The van der Waals surface area contributed by atoms with E-state index in [0.29, 0.717) is 16.1 Å². The SMILES string of the molecule is CC(O)(Cc1cc(Br)ccc1F)c1ccc(Cl)cc1. The van der Waals surface area contributed by atoms with E-state index in [9.17, 15) is 9.50 Å². The van der Waals surface area contributed by atoms with E-state index in [1.165, 1.54) is 6.07 Å². The molecule has 1 N–H and O–H groups in total. The van der Waals surface area contributed by atoms with Gasteiger partial charge in [0, 0.05) is 15.9 Å². The molecule has 0 aromatic heterocycles. The number of halogens is 3. The van der Waals surface area contributed by atoms with Crippen molar-refractivity contribution in [1.82, 2.24) is 0 Å². The van der Waals surface area contributed by atoms with Gasteiger partial charge in [0.25, 0.3) is 0 Å². The van der Waals surface area contributed by atoms with E-state index in [1.807, 2.05) is 0 Å². The van der Waals surface area contributed by atoms with Gasteiger partial charge in [0.05, 0.1) is 5.60 Å². The summed E-state index contributed by atoms with van der Waals surface area (Å²) in [4.78, 5) is 0. The molecule has 0 saturated heterocycles. The first-order valence-electron chi connectivity index (χ1n) is 5.81. The fourth-order valence-electron chi connectivity index (χ4n) is 1.96. The van der Waals surface area contributed by atoms with E-state index in [1.54, 1.807) is 43.3 Å². The lowest BCUT2D eigenvalue weighted by Crippen LogP contribution is -2.24. The van der Waals surface area contributed by atoms with Crippen molar-refractivity contribution in [2.75, 3.05) is 0 Å². The van der Waals surface area contributed by atoms with E-state index in [0.717, 1.165) is 4.47 Å². The lowest BCUT2D eigenvalue weighted by Gasteiger charge is -2.24. The summed E-state index contributed by atoms with van der Waals surface area (Å²) in [6.45, 7) is 1.66. The first kappa shape index (κ1) is 14.5. The molecule has 0 aliphatic heterocycles. The van der Waals surface area contributed by atoms with E-state index in [4.69, 9.17) is 11.6 Å². The Hall–Kier alpha value is -0.900. The van der Waals surface area contributed by atoms with E-state index >= 15 is 0 Å². The summed E-state index contributed by atoms with van der Waals surface area (Å²) in [5.74, 6) is -0.322. The van der Waals surface area contributed by atoms with Crippen LogP contribution in [0, 0.1) is 5.82 Å². The Labute approximate surface area is 125 Å². The third-order valence-electron chi connectivity index (χ3n) is 3.01. The highest BCUT2D eigenvalue weighted by Gasteiger charge is 2.25. The Balaban J connectivity index is 2.30. The molecule has 0 spiro atoms. The summed E-state index contributed by atoms with van der Waals surface area (Å²) in [5.41, 5.74) is 0.0252. The van der Waals surface area contributed by atoms with Crippen LogP contribution in [0.5, 0.6) is 0 Å². The van der Waals surface area contributed by atoms with Crippen LogP contribution in [0.4, 0.5) is 4.39 Å². The fraction of sp³-hybridized carbons (Fsp3) is 0.200. The van der Waals surface area contributed by atoms with Gasteiger partial charge in [-0.1, -0.05) is 39.7 Å². The predicted octanol–water partition coefficient (Wildman–Crippen LogP) is 4.69. The number of hydrogen-bond donors (Lipinski definition) is 1. The lowest BCUT2D eigenvalue weighted by molar-refractivity contribution is 0.0567. The van der Waals surface area contributed by atoms with Crippen molar-refractivity contribution in [3.63, 3.8) is 0 Å². The maximum absolute atomic E-state index is 13.7. The monoisotopic (exact) mass is 342 g/mol. The predicted molar refractivity (Wildman–Crippen MR) is 78.8 cm³/mol. The number of rotatable bonds is 3. The molecule has 2 aromatic carbocycles. The van der Waals surface area contributed by atoms with E-state index in [-0.39, 0.29) is 12.2 Å². The molecule has 2 aromatic rings. The van der Waals surface area contributed by atoms with Gasteiger partial charge in [-0.3, -0.25) is 0 Å². The highest BCUT2D eigenvalue weighted by molar-refractivity contribution is 9.10. The zero-order valence-electron chi connectivity index (χ0n) is 10.3. The fourth-order valence-corrected chi connectivity index (χ4v) is 2.50. The van der Waals surface area contributed by atoms with Gasteiger partial charge in [-0.05, 0) is 48.4 Å². The van der Waals surface area contributed by atoms with E-state index < -0.39 is 5.60 Å². The Bertz CT molecular complexity index is 581. The van der Waals surface area contributed by atoms with Gasteiger partial charge in [0.1, 0.15) is 5.82 Å². The smallest absolute Gasteiger partial charge is 0.126 e. The zero-order valence-corrected chi connectivity index (χ0v) is 12.7. The molecule has 0 heterocycles. The van der Waals surface area contributed by atoms with Gasteiger partial charge in [-0.25, -0.2) is 4.39 Å². The van der Waals surface area contributed by atoms with Gasteiger partial charge in [-0.2, -0.15) is 0 Å². The van der Waals surface area contributed by atoms with E-state index in [2.05, 4.69) is 15.9 Å². The minimum atomic E-state index is -1.15. The second-order valence-corrected chi connectivity index (χ2v) is 6.05. The molecule has 0 aliphatic rings. The molecule has 1 nitrogen and oxygen atoms in total. The van der Waals surface area contributed by atoms with Crippen molar-refractivity contribution in [1.29, 1.82) is 0 Å². The largest absolute Gasteiger partial charge is 0.385 e. The normalized spacial score (nSPS) is 14.2. The molecule has 0 amide bonds. The minimum Gasteiger partial charge on any atom is -0.385 e. The maximum atomic E-state index is 13.7. The van der Waals surface area contributed by atoms with Crippen molar-refractivity contribution < 1.29 is 9.50 Å². The van der Waals surface area contributed by atoms with Crippen LogP contribution in [0.3, 0.4) is 0 Å². The summed E-state index contributed by atoms with van der Waals surface area (Å²) in [7, 11) is 0. The minimum absolute atomic E-state index is 0.194. The highest BCUT2D eigenvalue weighted by Crippen LogP contribution is 2.28. The molecular weight excluding hydrogens is 331 g/mol. The quantitative estimate of drug-likeness (QED) is 0.857. The van der Waals surface area contributed by atoms with Crippen molar-refractivity contribution >= 4 is 27.5 Å². The van der Waals surface area contributed by atoms with Crippen molar-refractivity contribution in [3.8, 4) is 0 Å². The first-order valence-corrected chi connectivity index (χ1v) is 6.98. The lowest BCUT2D eigenvalue weighted by atomic mass is 9.89. The van der Waals surface area contributed by atoms with Crippen molar-refractivity contribution in [2.24, 2.45) is 0 Å². The topological polar surface area (TPSA) is 20.2 Å². The molecule has 4 heteroatoms. The molecule has 0 saturated carbocycles. The van der Waals surface area contributed by atoms with Gasteiger partial charge < -0.3 is 5.11 Å². The molecule has 0 radical (unpaired) electrons. The third kappa shape index (κ3) is 3.56. The van der Waals surface area contributed by atoms with Gasteiger partial charge in [0.15, 0.2) is 0 Å². The Morgan fingerprint density at radius 1 is 1.21 bits per heavy atom. The second-order valence-electron chi connectivity index (χ2n) is 4.69. The first-order chi connectivity index (χ1) is 8.88. The van der Waals surface area contributed by atoms with Crippen LogP contribution >= 0.6 is 27.5 Å².